The molecule has 0 spiro atoms. The molecule has 1 aliphatic heterocycles. The molecule has 2 N–H and O–H groups in total. The van der Waals surface area contributed by atoms with Crippen molar-refractivity contribution in [2.75, 3.05) is 25.0 Å². The van der Waals surface area contributed by atoms with Gasteiger partial charge in [-0.2, -0.15) is 5.10 Å². The summed E-state index contributed by atoms with van der Waals surface area (Å²) in [4.78, 5) is 4.42. The topological polar surface area (TPSA) is 54.2 Å². The number of aryl methyl sites for hydroxylation is 1. The minimum absolute atomic E-state index is 0.748. The number of fused-ring (bicyclic) bond motifs is 1. The van der Waals surface area contributed by atoms with E-state index < -0.39 is 0 Å². The molecule has 0 bridgehead atoms. The molecule has 2 aromatic heterocycles. The van der Waals surface area contributed by atoms with Crippen LogP contribution in [0.2, 0.25) is 0 Å². The minimum Gasteiger partial charge on any atom is -0.368 e. The molecular formula is C13H19N5. The molecule has 2 aromatic rings. The molecule has 0 unspecified atom stereocenters. The quantitative estimate of drug-likeness (QED) is 0.859. The Bertz CT molecular complexity index is 527. The predicted molar refractivity (Wildman–Crippen MR) is 71.8 cm³/mol. The standard InChI is InChI=1S/C13H19N5/c1-10-8-12-13(15-6-7-18(12)17-10)16-9-11-2-4-14-5-3-11/h6-8,11,14H,2-5,9H2,1H3,(H,15,16). The maximum atomic E-state index is 4.42. The zero-order valence-electron chi connectivity index (χ0n) is 10.7. The van der Waals surface area contributed by atoms with Crippen molar-refractivity contribution in [3.63, 3.8) is 0 Å². The maximum absolute atomic E-state index is 4.42. The van der Waals surface area contributed by atoms with Gasteiger partial charge in [-0.1, -0.05) is 0 Å². The second-order valence-electron chi connectivity index (χ2n) is 4.97. The first kappa shape index (κ1) is 11.5. The molecule has 0 atom stereocenters. The molecule has 0 saturated carbocycles. The summed E-state index contributed by atoms with van der Waals surface area (Å²) in [7, 11) is 0. The van der Waals surface area contributed by atoms with Crippen LogP contribution >= 0.6 is 0 Å². The predicted octanol–water partition coefficient (Wildman–Crippen LogP) is 1.45. The number of nitrogens with zero attached hydrogens (tertiary/aromatic N) is 3. The molecule has 5 nitrogen and oxygen atoms in total. The van der Waals surface area contributed by atoms with Crippen molar-refractivity contribution >= 4 is 11.3 Å². The van der Waals surface area contributed by atoms with E-state index in [4.69, 9.17) is 0 Å². The van der Waals surface area contributed by atoms with E-state index in [2.05, 4.69) is 26.8 Å². The highest BCUT2D eigenvalue weighted by atomic mass is 15.2. The van der Waals surface area contributed by atoms with E-state index in [1.165, 1.54) is 12.8 Å². The van der Waals surface area contributed by atoms with Crippen molar-refractivity contribution in [2.24, 2.45) is 5.92 Å². The molecule has 5 heteroatoms. The zero-order valence-corrected chi connectivity index (χ0v) is 10.7. The lowest BCUT2D eigenvalue weighted by atomic mass is 9.98. The summed E-state index contributed by atoms with van der Waals surface area (Å²) in [6, 6.07) is 2.07. The third kappa shape index (κ3) is 2.31. The van der Waals surface area contributed by atoms with Gasteiger partial charge in [-0.15, -0.1) is 0 Å². The lowest BCUT2D eigenvalue weighted by molar-refractivity contribution is 0.389. The van der Waals surface area contributed by atoms with Crippen molar-refractivity contribution < 1.29 is 0 Å². The molecule has 3 rings (SSSR count). The van der Waals surface area contributed by atoms with E-state index in [0.717, 1.165) is 42.6 Å². The molecular weight excluding hydrogens is 226 g/mol. The van der Waals surface area contributed by atoms with Crippen LogP contribution in [0.5, 0.6) is 0 Å². The van der Waals surface area contributed by atoms with E-state index in [1.54, 1.807) is 6.20 Å². The zero-order chi connectivity index (χ0) is 12.4. The fraction of sp³-hybridized carbons (Fsp3) is 0.538. The number of aromatic nitrogens is 3. The Hall–Kier alpha value is -1.62. The first-order valence-electron chi connectivity index (χ1n) is 6.58. The number of anilines is 1. The largest absolute Gasteiger partial charge is 0.368 e. The first-order valence-corrected chi connectivity index (χ1v) is 6.58. The number of rotatable bonds is 3. The van der Waals surface area contributed by atoms with Gasteiger partial charge in [0.2, 0.25) is 0 Å². The molecule has 96 valence electrons. The number of hydrogen-bond donors (Lipinski definition) is 2. The number of hydrogen-bond acceptors (Lipinski definition) is 4. The van der Waals surface area contributed by atoms with Crippen LogP contribution in [0.3, 0.4) is 0 Å². The van der Waals surface area contributed by atoms with Gasteiger partial charge in [0.1, 0.15) is 5.52 Å². The maximum Gasteiger partial charge on any atom is 0.152 e. The monoisotopic (exact) mass is 245 g/mol. The van der Waals surface area contributed by atoms with Gasteiger partial charge in [0, 0.05) is 18.9 Å². The normalized spacial score (nSPS) is 17.2. The Morgan fingerprint density at radius 2 is 2.28 bits per heavy atom. The molecule has 1 saturated heterocycles. The second kappa shape index (κ2) is 4.94. The SMILES string of the molecule is Cc1cc2c(NCC3CCNCC3)nccn2n1. The van der Waals surface area contributed by atoms with Gasteiger partial charge < -0.3 is 10.6 Å². The molecule has 18 heavy (non-hydrogen) atoms. The summed E-state index contributed by atoms with van der Waals surface area (Å²) >= 11 is 0. The third-order valence-corrected chi connectivity index (χ3v) is 3.53. The molecule has 1 fully saturated rings. The summed E-state index contributed by atoms with van der Waals surface area (Å²) < 4.78 is 1.88. The Morgan fingerprint density at radius 3 is 3.11 bits per heavy atom. The van der Waals surface area contributed by atoms with Crippen LogP contribution in [-0.2, 0) is 0 Å². The van der Waals surface area contributed by atoms with Crippen LogP contribution in [0.15, 0.2) is 18.5 Å². The highest BCUT2D eigenvalue weighted by Crippen LogP contribution is 2.17. The number of piperidine rings is 1. The lowest BCUT2D eigenvalue weighted by Gasteiger charge is -2.23. The average Bonchev–Trinajstić information content (AvgIpc) is 2.78. The van der Waals surface area contributed by atoms with Gasteiger partial charge in [0.15, 0.2) is 5.82 Å². The Morgan fingerprint density at radius 1 is 1.44 bits per heavy atom. The highest BCUT2D eigenvalue weighted by molar-refractivity contribution is 5.67. The van der Waals surface area contributed by atoms with E-state index in [1.807, 2.05) is 17.6 Å². The minimum atomic E-state index is 0.748. The van der Waals surface area contributed by atoms with Crippen molar-refractivity contribution in [3.8, 4) is 0 Å². The summed E-state index contributed by atoms with van der Waals surface area (Å²) in [5, 5.41) is 11.3. The van der Waals surface area contributed by atoms with E-state index in [0.29, 0.717) is 0 Å². The molecule has 0 radical (unpaired) electrons. The fourth-order valence-corrected chi connectivity index (χ4v) is 2.51. The van der Waals surface area contributed by atoms with Crippen molar-refractivity contribution in [1.82, 2.24) is 19.9 Å². The van der Waals surface area contributed by atoms with Crippen LogP contribution in [0.4, 0.5) is 5.82 Å². The molecule has 3 heterocycles. The van der Waals surface area contributed by atoms with E-state index >= 15 is 0 Å². The average molecular weight is 245 g/mol. The van der Waals surface area contributed by atoms with Crippen LogP contribution in [-0.4, -0.2) is 34.2 Å². The van der Waals surface area contributed by atoms with Crippen LogP contribution in [0.25, 0.3) is 5.52 Å². The van der Waals surface area contributed by atoms with Crippen LogP contribution < -0.4 is 10.6 Å². The Balaban J connectivity index is 1.73. The summed E-state index contributed by atoms with van der Waals surface area (Å²) in [6.45, 7) is 5.27. The van der Waals surface area contributed by atoms with Crippen molar-refractivity contribution in [2.45, 2.75) is 19.8 Å². The third-order valence-electron chi connectivity index (χ3n) is 3.53. The Labute approximate surface area is 107 Å². The second-order valence-corrected chi connectivity index (χ2v) is 4.97. The fourth-order valence-electron chi connectivity index (χ4n) is 2.51. The van der Waals surface area contributed by atoms with Gasteiger partial charge in [0.05, 0.1) is 5.69 Å². The van der Waals surface area contributed by atoms with Gasteiger partial charge in [0.25, 0.3) is 0 Å². The molecule has 1 aliphatic rings. The molecule has 0 amide bonds. The summed E-state index contributed by atoms with van der Waals surface area (Å²) in [5.41, 5.74) is 2.08. The van der Waals surface area contributed by atoms with Crippen LogP contribution in [0.1, 0.15) is 18.5 Å². The van der Waals surface area contributed by atoms with Gasteiger partial charge in [-0.05, 0) is 44.8 Å². The van der Waals surface area contributed by atoms with Gasteiger partial charge in [-0.25, -0.2) is 9.50 Å². The van der Waals surface area contributed by atoms with E-state index in [9.17, 15) is 0 Å². The molecule has 0 aliphatic carbocycles. The van der Waals surface area contributed by atoms with Crippen molar-refractivity contribution in [3.05, 3.63) is 24.2 Å². The summed E-state index contributed by atoms with van der Waals surface area (Å²) in [5.74, 6) is 1.69. The summed E-state index contributed by atoms with van der Waals surface area (Å²) in [6.07, 6.45) is 6.17. The molecule has 0 aromatic carbocycles. The van der Waals surface area contributed by atoms with Crippen molar-refractivity contribution in [1.29, 1.82) is 0 Å². The van der Waals surface area contributed by atoms with Gasteiger partial charge >= 0.3 is 0 Å². The Kier molecular flexibility index (Phi) is 3.15. The smallest absolute Gasteiger partial charge is 0.152 e. The lowest BCUT2D eigenvalue weighted by Crippen LogP contribution is -2.31. The van der Waals surface area contributed by atoms with Crippen LogP contribution in [0, 0.1) is 12.8 Å². The first-order chi connectivity index (χ1) is 8.83. The van der Waals surface area contributed by atoms with E-state index in [-0.39, 0.29) is 0 Å². The number of nitrogens with one attached hydrogen (secondary N) is 2. The highest BCUT2D eigenvalue weighted by Gasteiger charge is 2.13. The van der Waals surface area contributed by atoms with Gasteiger partial charge in [-0.3, -0.25) is 0 Å².